The van der Waals surface area contributed by atoms with Gasteiger partial charge in [-0.15, -0.1) is 0 Å². The SMILES string of the molecule is CN(C)COc1cc(F)c(C(C)(C)C)c(F)c1. The maximum atomic E-state index is 13.8. The molecule has 17 heavy (non-hydrogen) atoms. The molecule has 0 bridgehead atoms. The molecule has 0 radical (unpaired) electrons. The van der Waals surface area contributed by atoms with Crippen LogP contribution >= 0.6 is 0 Å². The second kappa shape index (κ2) is 5.00. The third kappa shape index (κ3) is 3.66. The Kier molecular flexibility index (Phi) is 4.09. The molecule has 0 unspecified atom stereocenters. The largest absolute Gasteiger partial charge is 0.478 e. The first-order valence-corrected chi connectivity index (χ1v) is 5.49. The lowest BCUT2D eigenvalue weighted by atomic mass is 9.86. The summed E-state index contributed by atoms with van der Waals surface area (Å²) in [6, 6.07) is 2.46. The van der Waals surface area contributed by atoms with Crippen molar-refractivity contribution in [2.45, 2.75) is 26.2 Å². The minimum Gasteiger partial charge on any atom is -0.478 e. The van der Waals surface area contributed by atoms with E-state index in [-0.39, 0.29) is 18.0 Å². The van der Waals surface area contributed by atoms with E-state index in [4.69, 9.17) is 4.74 Å². The van der Waals surface area contributed by atoms with E-state index in [0.29, 0.717) is 0 Å². The van der Waals surface area contributed by atoms with Crippen molar-refractivity contribution in [2.75, 3.05) is 20.8 Å². The molecule has 0 aliphatic carbocycles. The van der Waals surface area contributed by atoms with Crippen molar-refractivity contribution in [3.63, 3.8) is 0 Å². The van der Waals surface area contributed by atoms with E-state index >= 15 is 0 Å². The van der Waals surface area contributed by atoms with Gasteiger partial charge in [-0.05, 0) is 19.5 Å². The number of hydrogen-bond donors (Lipinski definition) is 0. The molecule has 0 aliphatic heterocycles. The van der Waals surface area contributed by atoms with Gasteiger partial charge in [0.1, 0.15) is 24.1 Å². The van der Waals surface area contributed by atoms with Crippen LogP contribution in [-0.4, -0.2) is 25.7 Å². The molecule has 0 saturated heterocycles. The van der Waals surface area contributed by atoms with E-state index in [1.165, 1.54) is 12.1 Å². The maximum Gasteiger partial charge on any atom is 0.141 e. The van der Waals surface area contributed by atoms with E-state index in [1.807, 2.05) is 14.1 Å². The summed E-state index contributed by atoms with van der Waals surface area (Å²) in [6.45, 7) is 5.60. The van der Waals surface area contributed by atoms with Crippen LogP contribution in [0.4, 0.5) is 8.78 Å². The second-order valence-corrected chi connectivity index (χ2v) is 5.37. The monoisotopic (exact) mass is 243 g/mol. The molecule has 0 N–H and O–H groups in total. The normalized spacial score (nSPS) is 12.0. The molecule has 0 fully saturated rings. The average molecular weight is 243 g/mol. The summed E-state index contributed by atoms with van der Waals surface area (Å²) in [5.74, 6) is -0.917. The Balaban J connectivity index is 3.02. The number of hydrogen-bond acceptors (Lipinski definition) is 2. The third-order valence-corrected chi connectivity index (χ3v) is 2.26. The Morgan fingerprint density at radius 3 is 1.94 bits per heavy atom. The molecule has 4 heteroatoms. The van der Waals surface area contributed by atoms with E-state index in [1.54, 1.807) is 25.7 Å². The molecule has 0 heterocycles. The van der Waals surface area contributed by atoms with E-state index in [9.17, 15) is 8.78 Å². The Morgan fingerprint density at radius 1 is 1.12 bits per heavy atom. The van der Waals surface area contributed by atoms with Gasteiger partial charge < -0.3 is 4.74 Å². The molecule has 0 amide bonds. The molecule has 1 rings (SSSR count). The number of rotatable bonds is 3. The maximum absolute atomic E-state index is 13.8. The summed E-state index contributed by atoms with van der Waals surface area (Å²) >= 11 is 0. The van der Waals surface area contributed by atoms with Gasteiger partial charge in [0.05, 0.1) is 0 Å². The quantitative estimate of drug-likeness (QED) is 0.756. The Morgan fingerprint density at radius 2 is 1.59 bits per heavy atom. The molecule has 0 atom stereocenters. The average Bonchev–Trinajstić information content (AvgIpc) is 2.11. The Hall–Kier alpha value is -1.16. The fourth-order valence-corrected chi connectivity index (χ4v) is 1.55. The van der Waals surface area contributed by atoms with Crippen LogP contribution < -0.4 is 4.74 Å². The lowest BCUT2D eigenvalue weighted by molar-refractivity contribution is 0.178. The van der Waals surface area contributed by atoms with Crippen molar-refractivity contribution < 1.29 is 13.5 Å². The van der Waals surface area contributed by atoms with Gasteiger partial charge >= 0.3 is 0 Å². The highest BCUT2D eigenvalue weighted by atomic mass is 19.1. The zero-order valence-electron chi connectivity index (χ0n) is 11.0. The van der Waals surface area contributed by atoms with Crippen LogP contribution in [0.2, 0.25) is 0 Å². The van der Waals surface area contributed by atoms with Crippen molar-refractivity contribution in [1.29, 1.82) is 0 Å². The summed E-state index contributed by atoms with van der Waals surface area (Å²) in [6.07, 6.45) is 0. The van der Waals surface area contributed by atoms with Gasteiger partial charge in [-0.3, -0.25) is 4.90 Å². The Labute approximate surface area is 101 Å². The van der Waals surface area contributed by atoms with E-state index in [0.717, 1.165) is 0 Å². The zero-order valence-corrected chi connectivity index (χ0v) is 11.0. The van der Waals surface area contributed by atoms with Gasteiger partial charge in [-0.1, -0.05) is 20.8 Å². The minimum absolute atomic E-state index is 0.0923. The van der Waals surface area contributed by atoms with Crippen LogP contribution in [0, 0.1) is 11.6 Å². The standard InChI is InChI=1S/C13H19F2NO/c1-13(2,3)12-10(14)6-9(7-11(12)15)17-8-16(4)5/h6-7H,8H2,1-5H3. The van der Waals surface area contributed by atoms with Crippen LogP contribution in [0.3, 0.4) is 0 Å². The summed E-state index contributed by atoms with van der Waals surface area (Å²) < 4.78 is 32.8. The lowest BCUT2D eigenvalue weighted by Gasteiger charge is -2.21. The highest BCUT2D eigenvalue weighted by Crippen LogP contribution is 2.30. The molecule has 0 spiro atoms. The number of halogens is 2. The zero-order chi connectivity index (χ0) is 13.2. The van der Waals surface area contributed by atoms with Crippen LogP contribution in [0.1, 0.15) is 26.3 Å². The van der Waals surface area contributed by atoms with Crippen molar-refractivity contribution in [3.05, 3.63) is 29.3 Å². The summed E-state index contributed by atoms with van der Waals surface area (Å²) in [4.78, 5) is 1.77. The minimum atomic E-state index is -0.564. The van der Waals surface area contributed by atoms with Gasteiger partial charge in [-0.25, -0.2) is 8.78 Å². The lowest BCUT2D eigenvalue weighted by Crippen LogP contribution is -2.19. The number of benzene rings is 1. The van der Waals surface area contributed by atoms with Gasteiger partial charge in [0.2, 0.25) is 0 Å². The van der Waals surface area contributed by atoms with E-state index < -0.39 is 17.0 Å². The van der Waals surface area contributed by atoms with Crippen LogP contribution in [0.25, 0.3) is 0 Å². The predicted octanol–water partition coefficient (Wildman–Crippen LogP) is 3.16. The Bertz CT molecular complexity index is 374. The number of nitrogens with zero attached hydrogens (tertiary/aromatic N) is 1. The van der Waals surface area contributed by atoms with Crippen molar-refractivity contribution in [2.24, 2.45) is 0 Å². The molecular weight excluding hydrogens is 224 g/mol. The summed E-state index contributed by atoms with van der Waals surface area (Å²) in [5.41, 5.74) is -0.469. The van der Waals surface area contributed by atoms with Crippen molar-refractivity contribution in [1.82, 2.24) is 4.90 Å². The molecule has 1 aromatic rings. The van der Waals surface area contributed by atoms with Crippen LogP contribution in [0.5, 0.6) is 5.75 Å². The molecule has 2 nitrogen and oxygen atoms in total. The fraction of sp³-hybridized carbons (Fsp3) is 0.538. The molecule has 0 aliphatic rings. The molecule has 0 aromatic heterocycles. The first kappa shape index (κ1) is 13.9. The predicted molar refractivity (Wildman–Crippen MR) is 64.2 cm³/mol. The summed E-state index contributed by atoms with van der Waals surface area (Å²) in [7, 11) is 3.63. The first-order chi connectivity index (χ1) is 7.71. The fourth-order valence-electron chi connectivity index (χ4n) is 1.55. The van der Waals surface area contributed by atoms with Gasteiger partial charge in [-0.2, -0.15) is 0 Å². The van der Waals surface area contributed by atoms with Gasteiger partial charge in [0, 0.05) is 17.7 Å². The third-order valence-electron chi connectivity index (χ3n) is 2.26. The van der Waals surface area contributed by atoms with Crippen molar-refractivity contribution in [3.8, 4) is 5.75 Å². The molecule has 96 valence electrons. The van der Waals surface area contributed by atoms with E-state index in [2.05, 4.69) is 0 Å². The molecule has 0 saturated carbocycles. The number of ether oxygens (including phenoxy) is 1. The van der Waals surface area contributed by atoms with Gasteiger partial charge in [0.15, 0.2) is 0 Å². The summed E-state index contributed by atoms with van der Waals surface area (Å²) in [5, 5.41) is 0. The van der Waals surface area contributed by atoms with Crippen LogP contribution in [-0.2, 0) is 5.41 Å². The van der Waals surface area contributed by atoms with Gasteiger partial charge in [0.25, 0.3) is 0 Å². The topological polar surface area (TPSA) is 12.5 Å². The highest BCUT2D eigenvalue weighted by molar-refractivity contribution is 5.34. The second-order valence-electron chi connectivity index (χ2n) is 5.37. The van der Waals surface area contributed by atoms with Crippen molar-refractivity contribution >= 4 is 0 Å². The molecule has 1 aromatic carbocycles. The van der Waals surface area contributed by atoms with Crippen LogP contribution in [0.15, 0.2) is 12.1 Å². The molecular formula is C13H19F2NO. The smallest absolute Gasteiger partial charge is 0.141 e. The highest BCUT2D eigenvalue weighted by Gasteiger charge is 2.24. The first-order valence-electron chi connectivity index (χ1n) is 5.49.